The Morgan fingerprint density at radius 2 is 2.28 bits per heavy atom. The molecule has 0 radical (unpaired) electrons. The summed E-state index contributed by atoms with van der Waals surface area (Å²) in [5.74, 6) is 0. The van der Waals surface area contributed by atoms with E-state index in [0.29, 0.717) is 6.54 Å². The topological polar surface area (TPSA) is 50.2 Å². The van der Waals surface area contributed by atoms with E-state index < -0.39 is 0 Å². The fourth-order valence-corrected chi connectivity index (χ4v) is 1.80. The van der Waals surface area contributed by atoms with E-state index in [1.54, 1.807) is 18.3 Å². The lowest BCUT2D eigenvalue weighted by Crippen LogP contribution is -2.37. The van der Waals surface area contributed by atoms with Crippen LogP contribution < -0.4 is 10.2 Å². The Hall–Kier alpha value is -2.04. The van der Waals surface area contributed by atoms with Crippen LogP contribution >= 0.6 is 0 Å². The van der Waals surface area contributed by atoms with E-state index in [0.717, 1.165) is 23.1 Å². The fraction of sp³-hybridized carbons (Fsp3) is 0.385. The highest BCUT2D eigenvalue weighted by atomic mass is 16.2. The van der Waals surface area contributed by atoms with Crippen molar-refractivity contribution in [3.05, 3.63) is 24.5 Å². The van der Waals surface area contributed by atoms with Crippen molar-refractivity contribution in [1.29, 1.82) is 0 Å². The van der Waals surface area contributed by atoms with E-state index in [4.69, 9.17) is 0 Å². The van der Waals surface area contributed by atoms with Gasteiger partial charge in [-0.15, -0.1) is 0 Å². The molecule has 0 saturated heterocycles. The van der Waals surface area contributed by atoms with Crippen molar-refractivity contribution in [1.82, 2.24) is 14.9 Å². The molecule has 0 unspecified atom stereocenters. The van der Waals surface area contributed by atoms with Crippen LogP contribution in [0.3, 0.4) is 0 Å². The molecule has 0 atom stereocenters. The summed E-state index contributed by atoms with van der Waals surface area (Å²) in [5, 5.41) is 2.85. The Kier molecular flexibility index (Phi) is 3.50. The maximum absolute atomic E-state index is 11.8. The summed E-state index contributed by atoms with van der Waals surface area (Å²) in [7, 11) is 3.71. The van der Waals surface area contributed by atoms with E-state index in [9.17, 15) is 4.79 Å². The summed E-state index contributed by atoms with van der Waals surface area (Å²) >= 11 is 0. The van der Waals surface area contributed by atoms with Gasteiger partial charge in [-0.3, -0.25) is 4.90 Å². The average molecular weight is 246 g/mol. The van der Waals surface area contributed by atoms with Crippen molar-refractivity contribution in [2.45, 2.75) is 13.3 Å². The summed E-state index contributed by atoms with van der Waals surface area (Å²) < 4.78 is 1.95. The first-order valence-electron chi connectivity index (χ1n) is 6.06. The number of aryl methyl sites for hydroxylation is 1. The van der Waals surface area contributed by atoms with E-state index in [-0.39, 0.29) is 6.03 Å². The minimum absolute atomic E-state index is 0.0906. The average Bonchev–Trinajstić information content (AvgIpc) is 2.76. The molecule has 2 aromatic rings. The van der Waals surface area contributed by atoms with E-state index in [2.05, 4.69) is 10.3 Å². The summed E-state index contributed by atoms with van der Waals surface area (Å²) in [6.07, 6.45) is 2.70. The van der Waals surface area contributed by atoms with Gasteiger partial charge < -0.3 is 9.88 Å². The lowest BCUT2D eigenvalue weighted by molar-refractivity contribution is 0.247. The molecular formula is C13H18N4O. The van der Waals surface area contributed by atoms with Crippen LogP contribution in [0.1, 0.15) is 13.3 Å². The Morgan fingerprint density at radius 3 is 3.00 bits per heavy atom. The van der Waals surface area contributed by atoms with Crippen LogP contribution in [0.4, 0.5) is 10.5 Å². The van der Waals surface area contributed by atoms with Crippen molar-refractivity contribution in [3.63, 3.8) is 0 Å². The highest BCUT2D eigenvalue weighted by Crippen LogP contribution is 2.20. The van der Waals surface area contributed by atoms with E-state index >= 15 is 0 Å². The predicted octanol–water partition coefficient (Wildman–Crippen LogP) is 2.13. The van der Waals surface area contributed by atoms with Crippen molar-refractivity contribution in [2.75, 3.05) is 18.5 Å². The van der Waals surface area contributed by atoms with Gasteiger partial charge in [-0.1, -0.05) is 6.92 Å². The van der Waals surface area contributed by atoms with Crippen LogP contribution in [0, 0.1) is 0 Å². The van der Waals surface area contributed by atoms with Crippen molar-refractivity contribution in [2.24, 2.45) is 7.05 Å². The van der Waals surface area contributed by atoms with Crippen LogP contribution in [0.5, 0.6) is 0 Å². The number of carbonyl (C=O) groups is 1. The third kappa shape index (κ3) is 2.30. The Morgan fingerprint density at radius 1 is 1.50 bits per heavy atom. The van der Waals surface area contributed by atoms with Gasteiger partial charge in [0.15, 0.2) is 0 Å². The first kappa shape index (κ1) is 12.4. The van der Waals surface area contributed by atoms with Crippen LogP contribution in [-0.4, -0.2) is 29.2 Å². The molecule has 5 nitrogen and oxygen atoms in total. The number of amides is 2. The zero-order chi connectivity index (χ0) is 13.1. The number of rotatable bonds is 3. The molecule has 0 spiro atoms. The third-order valence-corrected chi connectivity index (χ3v) is 2.93. The number of aromatic nitrogens is 2. The fourth-order valence-electron chi connectivity index (χ4n) is 1.80. The number of benzene rings is 1. The highest BCUT2D eigenvalue weighted by Gasteiger charge is 2.11. The summed E-state index contributed by atoms with van der Waals surface area (Å²) in [5.41, 5.74) is 2.79. The normalized spacial score (nSPS) is 10.6. The van der Waals surface area contributed by atoms with Gasteiger partial charge in [0.2, 0.25) is 0 Å². The molecule has 0 saturated carbocycles. The summed E-state index contributed by atoms with van der Waals surface area (Å²) in [6, 6.07) is 5.73. The number of fused-ring (bicyclic) bond motifs is 1. The molecule has 5 heteroatoms. The molecule has 18 heavy (non-hydrogen) atoms. The molecule has 1 heterocycles. The van der Waals surface area contributed by atoms with Crippen LogP contribution in [0.25, 0.3) is 11.0 Å². The predicted molar refractivity (Wildman–Crippen MR) is 72.8 cm³/mol. The van der Waals surface area contributed by atoms with Gasteiger partial charge in [-0.2, -0.15) is 0 Å². The van der Waals surface area contributed by atoms with Gasteiger partial charge in [0, 0.05) is 26.3 Å². The molecule has 0 aliphatic rings. The van der Waals surface area contributed by atoms with Crippen LogP contribution in [0.2, 0.25) is 0 Å². The number of hydrogen-bond donors (Lipinski definition) is 1. The van der Waals surface area contributed by atoms with Gasteiger partial charge in [-0.25, -0.2) is 9.78 Å². The minimum Gasteiger partial charge on any atom is -0.338 e. The number of carbonyl (C=O) groups excluding carboxylic acids is 1. The standard InChI is InChI=1S/C13H18N4O/c1-4-7-14-13(18)17(3)10-5-6-12-11(8-10)15-9-16(12)2/h5-6,8-9H,4,7H2,1-3H3,(H,14,18). The number of anilines is 1. The maximum atomic E-state index is 11.8. The summed E-state index contributed by atoms with van der Waals surface area (Å²) in [4.78, 5) is 17.7. The van der Waals surface area contributed by atoms with Gasteiger partial charge in [-0.05, 0) is 24.6 Å². The third-order valence-electron chi connectivity index (χ3n) is 2.93. The largest absolute Gasteiger partial charge is 0.338 e. The number of nitrogens with zero attached hydrogens (tertiary/aromatic N) is 3. The minimum atomic E-state index is -0.0906. The number of imidazole rings is 1. The Balaban J connectivity index is 2.22. The molecule has 1 aromatic heterocycles. The van der Waals surface area contributed by atoms with Crippen LogP contribution in [0.15, 0.2) is 24.5 Å². The molecular weight excluding hydrogens is 228 g/mol. The lowest BCUT2D eigenvalue weighted by atomic mass is 10.2. The molecule has 2 amide bonds. The SMILES string of the molecule is CCCNC(=O)N(C)c1ccc2c(c1)ncn2C. The summed E-state index contributed by atoms with van der Waals surface area (Å²) in [6.45, 7) is 2.72. The molecule has 1 aromatic carbocycles. The monoisotopic (exact) mass is 246 g/mol. The zero-order valence-electron chi connectivity index (χ0n) is 11.0. The van der Waals surface area contributed by atoms with E-state index in [1.807, 2.05) is 36.7 Å². The molecule has 0 aliphatic heterocycles. The molecule has 0 fully saturated rings. The van der Waals surface area contributed by atoms with Gasteiger partial charge in [0.25, 0.3) is 0 Å². The number of hydrogen-bond acceptors (Lipinski definition) is 2. The zero-order valence-corrected chi connectivity index (χ0v) is 11.0. The Bertz CT molecular complexity index is 561. The number of urea groups is 1. The lowest BCUT2D eigenvalue weighted by Gasteiger charge is -2.17. The van der Waals surface area contributed by atoms with Crippen molar-refractivity contribution >= 4 is 22.8 Å². The van der Waals surface area contributed by atoms with Crippen molar-refractivity contribution in [3.8, 4) is 0 Å². The molecule has 96 valence electrons. The van der Waals surface area contributed by atoms with E-state index in [1.165, 1.54) is 0 Å². The first-order chi connectivity index (χ1) is 8.63. The van der Waals surface area contributed by atoms with Gasteiger partial charge in [0.05, 0.1) is 17.4 Å². The second-order valence-electron chi connectivity index (χ2n) is 4.32. The first-order valence-corrected chi connectivity index (χ1v) is 6.06. The molecule has 2 rings (SSSR count). The molecule has 0 aliphatic carbocycles. The van der Waals surface area contributed by atoms with Crippen LogP contribution in [-0.2, 0) is 7.05 Å². The smallest absolute Gasteiger partial charge is 0.321 e. The Labute approximate surface area is 106 Å². The maximum Gasteiger partial charge on any atom is 0.321 e. The quantitative estimate of drug-likeness (QED) is 0.902. The number of nitrogens with one attached hydrogen (secondary N) is 1. The molecule has 0 bridgehead atoms. The van der Waals surface area contributed by atoms with Crippen molar-refractivity contribution < 1.29 is 4.79 Å². The second-order valence-corrected chi connectivity index (χ2v) is 4.32. The van der Waals surface area contributed by atoms with Gasteiger partial charge in [0.1, 0.15) is 0 Å². The van der Waals surface area contributed by atoms with Gasteiger partial charge >= 0.3 is 6.03 Å². The second kappa shape index (κ2) is 5.08. The highest BCUT2D eigenvalue weighted by molar-refractivity contribution is 5.93. The molecule has 1 N–H and O–H groups in total.